The van der Waals surface area contributed by atoms with Gasteiger partial charge in [0.05, 0.1) is 15.2 Å². The second kappa shape index (κ2) is 10.7. The van der Waals surface area contributed by atoms with Crippen LogP contribution in [0.3, 0.4) is 0 Å². The number of aromatic nitrogens is 1. The lowest BCUT2D eigenvalue weighted by molar-refractivity contribution is -0.131. The second-order valence-corrected chi connectivity index (χ2v) is 8.48. The molecular weight excluding hydrogens is 398 g/mol. The first-order valence-electron chi connectivity index (χ1n) is 10.1. The van der Waals surface area contributed by atoms with Crippen molar-refractivity contribution in [3.05, 3.63) is 59.6 Å². The molecule has 2 amide bonds. The molecule has 2 N–H and O–H groups in total. The number of nitrogens with zero attached hydrogens (tertiary/aromatic N) is 1. The predicted octanol–water partition coefficient (Wildman–Crippen LogP) is 3.56. The molecule has 1 unspecified atom stereocenters. The van der Waals surface area contributed by atoms with Crippen LogP contribution in [0.1, 0.15) is 25.3 Å². The average molecular weight is 426 g/mol. The Bertz CT molecular complexity index is 939. The Kier molecular flexibility index (Phi) is 7.79. The number of benzene rings is 2. The summed E-state index contributed by atoms with van der Waals surface area (Å²) >= 11 is 1.68. The number of hydrogen-bond donors (Lipinski definition) is 2. The Balaban J connectivity index is 1.42. The third kappa shape index (κ3) is 6.29. The molecule has 0 aliphatic rings. The minimum atomic E-state index is -0.598. The number of hydrogen-bond acceptors (Lipinski definition) is 5. The first kappa shape index (κ1) is 21.8. The van der Waals surface area contributed by atoms with E-state index >= 15 is 0 Å². The molecule has 2 aromatic carbocycles. The average Bonchev–Trinajstić information content (AvgIpc) is 3.17. The van der Waals surface area contributed by atoms with Crippen molar-refractivity contribution in [2.75, 3.05) is 13.2 Å². The SMILES string of the molecule is CC(C)C(NC(=O)COc1ccccc1)C(=O)NCCCc1nc2ccccc2s1. The quantitative estimate of drug-likeness (QED) is 0.487. The monoisotopic (exact) mass is 425 g/mol. The highest BCUT2D eigenvalue weighted by atomic mass is 32.1. The maximum absolute atomic E-state index is 12.6. The maximum Gasteiger partial charge on any atom is 0.258 e. The van der Waals surface area contributed by atoms with Gasteiger partial charge in [-0.2, -0.15) is 0 Å². The highest BCUT2D eigenvalue weighted by Crippen LogP contribution is 2.22. The Labute approximate surface area is 180 Å². The Hall–Kier alpha value is -2.93. The number of para-hydroxylation sites is 2. The van der Waals surface area contributed by atoms with Crippen molar-refractivity contribution in [2.24, 2.45) is 5.92 Å². The summed E-state index contributed by atoms with van der Waals surface area (Å²) in [5.41, 5.74) is 1.02. The van der Waals surface area contributed by atoms with Crippen LogP contribution < -0.4 is 15.4 Å². The van der Waals surface area contributed by atoms with Gasteiger partial charge in [0, 0.05) is 13.0 Å². The standard InChI is InChI=1S/C23H27N3O3S/c1-16(2)22(26-20(27)15-29-17-9-4-3-5-10-17)23(28)24-14-8-13-21-25-18-11-6-7-12-19(18)30-21/h3-7,9-12,16,22H,8,13-15H2,1-2H3,(H,24,28)(H,26,27). The fourth-order valence-corrected chi connectivity index (χ4v) is 4.01. The molecule has 3 aromatic rings. The van der Waals surface area contributed by atoms with Crippen LogP contribution in [0.2, 0.25) is 0 Å². The summed E-state index contributed by atoms with van der Waals surface area (Å²) in [7, 11) is 0. The van der Waals surface area contributed by atoms with Gasteiger partial charge in [-0.15, -0.1) is 11.3 Å². The van der Waals surface area contributed by atoms with E-state index < -0.39 is 6.04 Å². The molecule has 0 saturated carbocycles. The zero-order valence-corrected chi connectivity index (χ0v) is 18.1. The molecule has 6 nitrogen and oxygen atoms in total. The molecule has 1 heterocycles. The highest BCUT2D eigenvalue weighted by Gasteiger charge is 2.24. The van der Waals surface area contributed by atoms with Crippen LogP contribution in [-0.4, -0.2) is 36.0 Å². The fraction of sp³-hybridized carbons (Fsp3) is 0.348. The summed E-state index contributed by atoms with van der Waals surface area (Å²) in [6.45, 7) is 4.22. The zero-order valence-electron chi connectivity index (χ0n) is 17.3. The van der Waals surface area contributed by atoms with Crippen molar-refractivity contribution in [1.82, 2.24) is 15.6 Å². The molecule has 3 rings (SSSR count). The lowest BCUT2D eigenvalue weighted by atomic mass is 10.0. The van der Waals surface area contributed by atoms with Gasteiger partial charge < -0.3 is 15.4 Å². The van der Waals surface area contributed by atoms with Crippen LogP contribution in [0.5, 0.6) is 5.75 Å². The molecule has 0 spiro atoms. The Morgan fingerprint density at radius 1 is 1.07 bits per heavy atom. The number of nitrogens with one attached hydrogen (secondary N) is 2. The molecular formula is C23H27N3O3S. The number of ether oxygens (including phenoxy) is 1. The molecule has 1 atom stereocenters. The minimum Gasteiger partial charge on any atom is -0.484 e. The van der Waals surface area contributed by atoms with E-state index in [1.807, 2.05) is 50.2 Å². The molecule has 0 radical (unpaired) electrons. The molecule has 30 heavy (non-hydrogen) atoms. The Morgan fingerprint density at radius 3 is 2.53 bits per heavy atom. The smallest absolute Gasteiger partial charge is 0.258 e. The topological polar surface area (TPSA) is 80.3 Å². The van der Waals surface area contributed by atoms with Crippen LogP contribution >= 0.6 is 11.3 Å². The summed E-state index contributed by atoms with van der Waals surface area (Å²) in [5.74, 6) is 0.0903. The van der Waals surface area contributed by atoms with Gasteiger partial charge in [-0.25, -0.2) is 4.98 Å². The number of rotatable bonds is 10. The van der Waals surface area contributed by atoms with Crippen LogP contribution in [0.25, 0.3) is 10.2 Å². The second-order valence-electron chi connectivity index (χ2n) is 7.36. The molecule has 0 bridgehead atoms. The molecule has 1 aromatic heterocycles. The summed E-state index contributed by atoms with van der Waals surface area (Å²) in [5, 5.41) is 6.77. The van der Waals surface area contributed by atoms with Gasteiger partial charge in [0.15, 0.2) is 6.61 Å². The van der Waals surface area contributed by atoms with Crippen LogP contribution in [0.4, 0.5) is 0 Å². The minimum absolute atomic E-state index is 0.0325. The maximum atomic E-state index is 12.6. The van der Waals surface area contributed by atoms with Crippen molar-refractivity contribution in [2.45, 2.75) is 32.7 Å². The van der Waals surface area contributed by atoms with E-state index in [0.29, 0.717) is 12.3 Å². The molecule has 158 valence electrons. The number of aryl methyl sites for hydroxylation is 1. The predicted molar refractivity (Wildman–Crippen MR) is 120 cm³/mol. The first-order valence-corrected chi connectivity index (χ1v) is 10.9. The summed E-state index contributed by atoms with van der Waals surface area (Å²) < 4.78 is 6.63. The third-order valence-electron chi connectivity index (χ3n) is 4.58. The van der Waals surface area contributed by atoms with E-state index in [2.05, 4.69) is 21.7 Å². The van der Waals surface area contributed by atoms with E-state index in [0.717, 1.165) is 23.4 Å². The van der Waals surface area contributed by atoms with E-state index in [4.69, 9.17) is 4.74 Å². The number of fused-ring (bicyclic) bond motifs is 1. The van der Waals surface area contributed by atoms with Crippen molar-refractivity contribution in [1.29, 1.82) is 0 Å². The molecule has 0 aliphatic carbocycles. The van der Waals surface area contributed by atoms with Crippen LogP contribution in [0, 0.1) is 5.92 Å². The summed E-state index contributed by atoms with van der Waals surface area (Å²) in [4.78, 5) is 29.4. The largest absolute Gasteiger partial charge is 0.484 e. The van der Waals surface area contributed by atoms with Crippen molar-refractivity contribution in [3.63, 3.8) is 0 Å². The molecule has 0 saturated heterocycles. The molecule has 7 heteroatoms. The van der Waals surface area contributed by atoms with Gasteiger partial charge in [-0.1, -0.05) is 44.2 Å². The number of amides is 2. The summed E-state index contributed by atoms with van der Waals surface area (Å²) in [6.07, 6.45) is 1.60. The number of carbonyl (C=O) groups is 2. The molecule has 0 aliphatic heterocycles. The van der Waals surface area contributed by atoms with E-state index in [9.17, 15) is 9.59 Å². The Morgan fingerprint density at radius 2 is 1.80 bits per heavy atom. The van der Waals surface area contributed by atoms with Gasteiger partial charge in [-0.3, -0.25) is 9.59 Å². The lowest BCUT2D eigenvalue weighted by Gasteiger charge is -2.21. The zero-order chi connectivity index (χ0) is 21.3. The van der Waals surface area contributed by atoms with Gasteiger partial charge in [0.2, 0.25) is 5.91 Å². The number of carbonyl (C=O) groups excluding carboxylic acids is 2. The fourth-order valence-electron chi connectivity index (χ4n) is 3.00. The van der Waals surface area contributed by atoms with Crippen molar-refractivity contribution in [3.8, 4) is 5.75 Å². The van der Waals surface area contributed by atoms with Crippen molar-refractivity contribution < 1.29 is 14.3 Å². The normalized spacial score (nSPS) is 12.0. The van der Waals surface area contributed by atoms with E-state index in [1.54, 1.807) is 23.5 Å². The van der Waals surface area contributed by atoms with Crippen LogP contribution in [0.15, 0.2) is 54.6 Å². The third-order valence-corrected chi connectivity index (χ3v) is 5.68. The lowest BCUT2D eigenvalue weighted by Crippen LogP contribution is -2.51. The van der Waals surface area contributed by atoms with Gasteiger partial charge in [0.25, 0.3) is 5.91 Å². The van der Waals surface area contributed by atoms with Crippen LogP contribution in [-0.2, 0) is 16.0 Å². The number of thiazole rings is 1. The van der Waals surface area contributed by atoms with Crippen molar-refractivity contribution >= 4 is 33.4 Å². The highest BCUT2D eigenvalue weighted by molar-refractivity contribution is 7.18. The van der Waals surface area contributed by atoms with Gasteiger partial charge in [-0.05, 0) is 36.6 Å². The van der Waals surface area contributed by atoms with E-state index in [-0.39, 0.29) is 24.3 Å². The van der Waals surface area contributed by atoms with Gasteiger partial charge >= 0.3 is 0 Å². The first-order chi connectivity index (χ1) is 14.5. The summed E-state index contributed by atoms with van der Waals surface area (Å²) in [6, 6.07) is 16.6. The van der Waals surface area contributed by atoms with Gasteiger partial charge in [0.1, 0.15) is 11.8 Å². The van der Waals surface area contributed by atoms with E-state index in [1.165, 1.54) is 4.70 Å². The molecule has 0 fully saturated rings.